The molecule has 0 spiro atoms. The molecule has 1 N–H and O–H groups in total. The Balaban J connectivity index is 1.99. The molecule has 0 fully saturated rings. The minimum absolute atomic E-state index is 0.408. The van der Waals surface area contributed by atoms with Crippen molar-refractivity contribution in [3.05, 3.63) is 22.7 Å². The predicted molar refractivity (Wildman–Crippen MR) is 82.9 cm³/mol. The fourth-order valence-electron chi connectivity index (χ4n) is 2.21. The lowest BCUT2D eigenvalue weighted by atomic mass is 10.0. The molecular formula is C15H23N3OS. The molecule has 2 aromatic heterocycles. The van der Waals surface area contributed by atoms with E-state index in [1.165, 1.54) is 0 Å². The van der Waals surface area contributed by atoms with Crippen molar-refractivity contribution in [3.8, 4) is 11.4 Å². The van der Waals surface area contributed by atoms with E-state index in [1.54, 1.807) is 11.3 Å². The summed E-state index contributed by atoms with van der Waals surface area (Å²) in [7, 11) is 0. The highest BCUT2D eigenvalue weighted by atomic mass is 32.1. The Morgan fingerprint density at radius 2 is 2.25 bits per heavy atom. The number of nitrogens with zero attached hydrogens (tertiary/aromatic N) is 2. The lowest BCUT2D eigenvalue weighted by Crippen LogP contribution is -2.33. The normalized spacial score (nSPS) is 13.0. The average Bonchev–Trinajstić information content (AvgIpc) is 3.05. The van der Waals surface area contributed by atoms with Crippen LogP contribution >= 0.6 is 11.3 Å². The van der Waals surface area contributed by atoms with Crippen molar-refractivity contribution in [1.82, 2.24) is 15.5 Å². The van der Waals surface area contributed by atoms with Gasteiger partial charge in [0.05, 0.1) is 0 Å². The molecule has 0 aromatic carbocycles. The second kappa shape index (κ2) is 7.55. The molecule has 110 valence electrons. The summed E-state index contributed by atoms with van der Waals surface area (Å²) >= 11 is 1.64. The second-order valence-corrected chi connectivity index (χ2v) is 6.29. The molecule has 1 unspecified atom stereocenters. The standard InChI is InChI=1S/C15H23N3OS/c1-4-6-16-13(8-11(2)3)9-14-17-15(18-19-14)12-5-7-20-10-12/h5,7,10-11,13,16H,4,6,8-9H2,1-3H3. The molecule has 0 saturated heterocycles. The van der Waals surface area contributed by atoms with E-state index in [2.05, 4.69) is 36.2 Å². The van der Waals surface area contributed by atoms with E-state index < -0.39 is 0 Å². The van der Waals surface area contributed by atoms with Crippen molar-refractivity contribution in [2.45, 2.75) is 46.1 Å². The van der Waals surface area contributed by atoms with Crippen LogP contribution in [0.4, 0.5) is 0 Å². The number of aromatic nitrogens is 2. The molecule has 0 bridgehead atoms. The summed E-state index contributed by atoms with van der Waals surface area (Å²) in [5, 5.41) is 11.7. The zero-order chi connectivity index (χ0) is 14.4. The molecule has 2 rings (SSSR count). The molecule has 20 heavy (non-hydrogen) atoms. The average molecular weight is 293 g/mol. The van der Waals surface area contributed by atoms with Crippen LogP contribution in [-0.2, 0) is 6.42 Å². The fraction of sp³-hybridized carbons (Fsp3) is 0.600. The van der Waals surface area contributed by atoms with Crippen LogP contribution in [0.15, 0.2) is 21.3 Å². The van der Waals surface area contributed by atoms with Crippen molar-refractivity contribution in [2.75, 3.05) is 6.54 Å². The van der Waals surface area contributed by atoms with Crippen molar-refractivity contribution in [2.24, 2.45) is 5.92 Å². The highest BCUT2D eigenvalue weighted by Crippen LogP contribution is 2.19. The Bertz CT molecular complexity index is 493. The van der Waals surface area contributed by atoms with Gasteiger partial charge in [0.1, 0.15) is 0 Å². The van der Waals surface area contributed by atoms with Crippen molar-refractivity contribution in [1.29, 1.82) is 0 Å². The van der Waals surface area contributed by atoms with Crippen LogP contribution in [0, 0.1) is 5.92 Å². The Morgan fingerprint density at radius 3 is 2.90 bits per heavy atom. The minimum Gasteiger partial charge on any atom is -0.339 e. The molecule has 2 heterocycles. The molecule has 0 saturated carbocycles. The Hall–Kier alpha value is -1.20. The highest BCUT2D eigenvalue weighted by Gasteiger charge is 2.16. The van der Waals surface area contributed by atoms with Crippen LogP contribution in [0.3, 0.4) is 0 Å². The summed E-state index contributed by atoms with van der Waals surface area (Å²) < 4.78 is 5.38. The van der Waals surface area contributed by atoms with Crippen LogP contribution in [0.5, 0.6) is 0 Å². The van der Waals surface area contributed by atoms with Gasteiger partial charge >= 0.3 is 0 Å². The van der Waals surface area contributed by atoms with Crippen molar-refractivity contribution < 1.29 is 4.52 Å². The predicted octanol–water partition coefficient (Wildman–Crippen LogP) is 3.75. The summed E-state index contributed by atoms with van der Waals surface area (Å²) in [6, 6.07) is 2.42. The number of rotatable bonds is 8. The van der Waals surface area contributed by atoms with Crippen LogP contribution in [0.1, 0.15) is 39.5 Å². The van der Waals surface area contributed by atoms with E-state index in [0.717, 1.165) is 37.3 Å². The first-order chi connectivity index (χ1) is 9.69. The zero-order valence-corrected chi connectivity index (χ0v) is 13.2. The lowest BCUT2D eigenvalue weighted by Gasteiger charge is -2.18. The van der Waals surface area contributed by atoms with Gasteiger partial charge in [0, 0.05) is 23.4 Å². The van der Waals surface area contributed by atoms with Gasteiger partial charge in [0.15, 0.2) is 0 Å². The van der Waals surface area contributed by atoms with Gasteiger partial charge in [0.25, 0.3) is 0 Å². The molecule has 0 aliphatic rings. The summed E-state index contributed by atoms with van der Waals surface area (Å²) in [4.78, 5) is 4.50. The largest absolute Gasteiger partial charge is 0.339 e. The third kappa shape index (κ3) is 4.42. The molecule has 0 aliphatic heterocycles. The summed E-state index contributed by atoms with van der Waals surface area (Å²) in [6.45, 7) is 7.69. The van der Waals surface area contributed by atoms with Gasteiger partial charge in [-0.05, 0) is 36.8 Å². The maximum absolute atomic E-state index is 5.38. The molecule has 2 aromatic rings. The van der Waals surface area contributed by atoms with Crippen LogP contribution in [0.2, 0.25) is 0 Å². The molecule has 1 atom stereocenters. The SMILES string of the molecule is CCCNC(Cc1nc(-c2ccsc2)no1)CC(C)C. The molecule has 4 nitrogen and oxygen atoms in total. The zero-order valence-electron chi connectivity index (χ0n) is 12.4. The van der Waals surface area contributed by atoms with Crippen molar-refractivity contribution in [3.63, 3.8) is 0 Å². The third-order valence-corrected chi connectivity index (χ3v) is 3.79. The monoisotopic (exact) mass is 293 g/mol. The van der Waals surface area contributed by atoms with Gasteiger partial charge in [-0.2, -0.15) is 16.3 Å². The van der Waals surface area contributed by atoms with E-state index in [-0.39, 0.29) is 0 Å². The van der Waals surface area contributed by atoms with Gasteiger partial charge in [-0.1, -0.05) is 25.9 Å². The summed E-state index contributed by atoms with van der Waals surface area (Å²) in [6.07, 6.45) is 3.06. The Kier molecular flexibility index (Phi) is 5.73. The van der Waals surface area contributed by atoms with Crippen molar-refractivity contribution >= 4 is 11.3 Å². The lowest BCUT2D eigenvalue weighted by molar-refractivity contribution is 0.338. The molecule has 0 aliphatic carbocycles. The number of hydrogen-bond donors (Lipinski definition) is 1. The maximum atomic E-state index is 5.38. The van der Waals surface area contributed by atoms with Crippen LogP contribution in [0.25, 0.3) is 11.4 Å². The smallest absolute Gasteiger partial charge is 0.228 e. The van der Waals surface area contributed by atoms with E-state index in [0.29, 0.717) is 17.8 Å². The summed E-state index contributed by atoms with van der Waals surface area (Å²) in [5.74, 6) is 2.07. The number of thiophene rings is 1. The van der Waals surface area contributed by atoms with Crippen LogP contribution < -0.4 is 5.32 Å². The van der Waals surface area contributed by atoms with E-state index in [1.807, 2.05) is 16.8 Å². The summed E-state index contributed by atoms with van der Waals surface area (Å²) in [5.41, 5.74) is 1.03. The fourth-order valence-corrected chi connectivity index (χ4v) is 2.85. The van der Waals surface area contributed by atoms with Gasteiger partial charge in [-0.15, -0.1) is 0 Å². The van der Waals surface area contributed by atoms with E-state index >= 15 is 0 Å². The quantitative estimate of drug-likeness (QED) is 0.805. The Labute approximate surface area is 124 Å². The first kappa shape index (κ1) is 15.2. The van der Waals surface area contributed by atoms with E-state index in [9.17, 15) is 0 Å². The van der Waals surface area contributed by atoms with Gasteiger partial charge in [-0.25, -0.2) is 0 Å². The molecule has 5 heteroatoms. The first-order valence-electron chi connectivity index (χ1n) is 7.27. The molecular weight excluding hydrogens is 270 g/mol. The van der Waals surface area contributed by atoms with Gasteiger partial charge < -0.3 is 9.84 Å². The molecule has 0 amide bonds. The Morgan fingerprint density at radius 1 is 1.40 bits per heavy atom. The third-order valence-electron chi connectivity index (χ3n) is 3.11. The van der Waals surface area contributed by atoms with Gasteiger partial charge in [0.2, 0.25) is 11.7 Å². The highest BCUT2D eigenvalue weighted by molar-refractivity contribution is 7.08. The van der Waals surface area contributed by atoms with Crippen LogP contribution in [-0.4, -0.2) is 22.7 Å². The minimum atomic E-state index is 0.408. The van der Waals surface area contributed by atoms with Gasteiger partial charge in [-0.3, -0.25) is 0 Å². The number of nitrogens with one attached hydrogen (secondary N) is 1. The maximum Gasteiger partial charge on any atom is 0.228 e. The van der Waals surface area contributed by atoms with E-state index in [4.69, 9.17) is 4.52 Å². The molecule has 0 radical (unpaired) electrons. The number of hydrogen-bond acceptors (Lipinski definition) is 5. The topological polar surface area (TPSA) is 51.0 Å². The first-order valence-corrected chi connectivity index (χ1v) is 8.21. The second-order valence-electron chi connectivity index (χ2n) is 5.51.